The fourth-order valence-electron chi connectivity index (χ4n) is 3.87. The second kappa shape index (κ2) is 6.30. The Morgan fingerprint density at radius 1 is 1.20 bits per heavy atom. The van der Waals surface area contributed by atoms with E-state index in [1.54, 1.807) is 12.1 Å². The van der Waals surface area contributed by atoms with Crippen LogP contribution >= 0.6 is 15.9 Å². The standard InChI is InChI=1S/C20H17BrFNO2/c21-17-9-8-13(22)10-12(17)11-23-18-7-2-1-4-14(18)15-5-3-6-16(19(15)23)20(24)25/h3,5-6,8-10H,1-2,4,7,11H2,(H,24,25). The highest BCUT2D eigenvalue weighted by molar-refractivity contribution is 9.10. The Morgan fingerprint density at radius 3 is 2.80 bits per heavy atom. The van der Waals surface area contributed by atoms with Crippen molar-refractivity contribution in [1.82, 2.24) is 4.57 Å². The first-order chi connectivity index (χ1) is 12.1. The minimum absolute atomic E-state index is 0.290. The number of para-hydroxylation sites is 1. The lowest BCUT2D eigenvalue weighted by molar-refractivity contribution is 0.0698. The Hall–Kier alpha value is -2.14. The lowest BCUT2D eigenvalue weighted by atomic mass is 9.95. The van der Waals surface area contributed by atoms with E-state index in [9.17, 15) is 14.3 Å². The quantitative estimate of drug-likeness (QED) is 0.657. The summed E-state index contributed by atoms with van der Waals surface area (Å²) in [5, 5.41) is 10.7. The molecule has 128 valence electrons. The number of carbonyl (C=O) groups is 1. The van der Waals surface area contributed by atoms with E-state index in [0.29, 0.717) is 12.1 Å². The molecular weight excluding hydrogens is 385 g/mol. The maximum atomic E-state index is 13.7. The van der Waals surface area contributed by atoms with Gasteiger partial charge in [-0.1, -0.05) is 28.1 Å². The third-order valence-electron chi connectivity index (χ3n) is 4.96. The normalized spacial score (nSPS) is 13.8. The zero-order valence-corrected chi connectivity index (χ0v) is 15.1. The highest BCUT2D eigenvalue weighted by Crippen LogP contribution is 2.35. The molecule has 4 rings (SSSR count). The fraction of sp³-hybridized carbons (Fsp3) is 0.250. The number of aromatic carboxylic acids is 1. The minimum Gasteiger partial charge on any atom is -0.478 e. The highest BCUT2D eigenvalue weighted by Gasteiger charge is 2.24. The molecule has 1 aliphatic carbocycles. The summed E-state index contributed by atoms with van der Waals surface area (Å²) in [5.74, 6) is -1.22. The minimum atomic E-state index is -0.931. The summed E-state index contributed by atoms with van der Waals surface area (Å²) >= 11 is 3.49. The van der Waals surface area contributed by atoms with Crippen LogP contribution in [0.3, 0.4) is 0 Å². The number of hydrogen-bond acceptors (Lipinski definition) is 1. The summed E-state index contributed by atoms with van der Waals surface area (Å²) in [6, 6.07) is 10.1. The molecule has 25 heavy (non-hydrogen) atoms. The Balaban J connectivity index is 1.98. The molecule has 1 heterocycles. The molecule has 0 atom stereocenters. The van der Waals surface area contributed by atoms with Crippen molar-refractivity contribution in [3.8, 4) is 0 Å². The van der Waals surface area contributed by atoms with Gasteiger partial charge >= 0.3 is 5.97 Å². The van der Waals surface area contributed by atoms with Gasteiger partial charge in [-0.3, -0.25) is 0 Å². The van der Waals surface area contributed by atoms with Crippen molar-refractivity contribution >= 4 is 32.8 Å². The number of nitrogens with zero attached hydrogens (tertiary/aromatic N) is 1. The molecule has 0 radical (unpaired) electrons. The number of carboxylic acids is 1. The number of hydrogen-bond donors (Lipinski definition) is 1. The third kappa shape index (κ3) is 2.76. The number of benzene rings is 2. The Morgan fingerprint density at radius 2 is 2.00 bits per heavy atom. The van der Waals surface area contributed by atoms with Crippen molar-refractivity contribution in [1.29, 1.82) is 0 Å². The fourth-order valence-corrected chi connectivity index (χ4v) is 4.24. The Labute approximate surface area is 153 Å². The van der Waals surface area contributed by atoms with Crippen molar-refractivity contribution in [3.05, 3.63) is 69.1 Å². The second-order valence-corrected chi connectivity index (χ2v) is 7.32. The van der Waals surface area contributed by atoms with Crippen LogP contribution in [-0.4, -0.2) is 15.6 Å². The van der Waals surface area contributed by atoms with Gasteiger partial charge in [-0.2, -0.15) is 0 Å². The molecule has 0 fully saturated rings. The number of rotatable bonds is 3. The zero-order valence-electron chi connectivity index (χ0n) is 13.6. The van der Waals surface area contributed by atoms with Crippen LogP contribution < -0.4 is 0 Å². The van der Waals surface area contributed by atoms with Gasteiger partial charge in [0.1, 0.15) is 5.82 Å². The highest BCUT2D eigenvalue weighted by atomic mass is 79.9. The SMILES string of the molecule is O=C(O)c1cccc2c3c(n(Cc4cc(F)ccc4Br)c12)CCCC3. The molecule has 3 nitrogen and oxygen atoms in total. The summed E-state index contributed by atoms with van der Waals surface area (Å²) in [5.41, 5.74) is 4.30. The van der Waals surface area contributed by atoms with Crippen LogP contribution in [0.25, 0.3) is 10.9 Å². The summed E-state index contributed by atoms with van der Waals surface area (Å²) < 4.78 is 16.6. The van der Waals surface area contributed by atoms with Crippen molar-refractivity contribution in [2.45, 2.75) is 32.2 Å². The van der Waals surface area contributed by atoms with E-state index in [-0.39, 0.29) is 5.82 Å². The average molecular weight is 402 g/mol. The molecule has 0 aliphatic heterocycles. The van der Waals surface area contributed by atoms with Gasteiger partial charge in [-0.25, -0.2) is 9.18 Å². The number of fused-ring (bicyclic) bond motifs is 3. The smallest absolute Gasteiger partial charge is 0.337 e. The average Bonchev–Trinajstić information content (AvgIpc) is 2.92. The largest absolute Gasteiger partial charge is 0.478 e. The first-order valence-corrected chi connectivity index (χ1v) is 9.15. The molecular formula is C20H17BrFNO2. The number of aromatic nitrogens is 1. The van der Waals surface area contributed by atoms with E-state index in [0.717, 1.165) is 46.6 Å². The maximum Gasteiger partial charge on any atom is 0.337 e. The van der Waals surface area contributed by atoms with Crippen LogP contribution in [0.2, 0.25) is 0 Å². The van der Waals surface area contributed by atoms with Crippen LogP contribution in [0.15, 0.2) is 40.9 Å². The van der Waals surface area contributed by atoms with Gasteiger partial charge in [0.15, 0.2) is 0 Å². The molecule has 0 amide bonds. The van der Waals surface area contributed by atoms with E-state index < -0.39 is 5.97 Å². The van der Waals surface area contributed by atoms with Crippen molar-refractivity contribution < 1.29 is 14.3 Å². The van der Waals surface area contributed by atoms with E-state index >= 15 is 0 Å². The summed E-state index contributed by atoms with van der Waals surface area (Å²) in [6.07, 6.45) is 4.10. The van der Waals surface area contributed by atoms with Crippen molar-refractivity contribution in [2.24, 2.45) is 0 Å². The molecule has 0 unspecified atom stereocenters. The predicted molar refractivity (Wildman–Crippen MR) is 98.7 cm³/mol. The van der Waals surface area contributed by atoms with Crippen LogP contribution in [0.1, 0.15) is 40.0 Å². The molecule has 1 aliphatic rings. The molecule has 2 aromatic carbocycles. The lowest BCUT2D eigenvalue weighted by Crippen LogP contribution is -2.11. The van der Waals surface area contributed by atoms with Gasteiger partial charge in [-0.05, 0) is 61.1 Å². The van der Waals surface area contributed by atoms with Crippen LogP contribution in [0.4, 0.5) is 4.39 Å². The van der Waals surface area contributed by atoms with Crippen LogP contribution in [0.5, 0.6) is 0 Å². The molecule has 0 saturated heterocycles. The third-order valence-corrected chi connectivity index (χ3v) is 5.74. The summed E-state index contributed by atoms with van der Waals surface area (Å²) in [4.78, 5) is 11.8. The van der Waals surface area contributed by atoms with Gasteiger partial charge in [0, 0.05) is 22.1 Å². The zero-order chi connectivity index (χ0) is 17.6. The molecule has 0 saturated carbocycles. The van der Waals surface area contributed by atoms with Gasteiger partial charge in [-0.15, -0.1) is 0 Å². The van der Waals surface area contributed by atoms with Crippen molar-refractivity contribution in [3.63, 3.8) is 0 Å². The second-order valence-electron chi connectivity index (χ2n) is 6.46. The van der Waals surface area contributed by atoms with Crippen LogP contribution in [0, 0.1) is 5.82 Å². The lowest BCUT2D eigenvalue weighted by Gasteiger charge is -2.17. The molecule has 3 aromatic rings. The Bertz CT molecular complexity index is 993. The predicted octanol–water partition coefficient (Wildman–Crippen LogP) is 5.17. The van der Waals surface area contributed by atoms with E-state index in [4.69, 9.17) is 0 Å². The first kappa shape index (κ1) is 16.3. The van der Waals surface area contributed by atoms with Gasteiger partial charge < -0.3 is 9.67 Å². The first-order valence-electron chi connectivity index (χ1n) is 8.36. The Kier molecular flexibility index (Phi) is 4.12. The maximum absolute atomic E-state index is 13.7. The molecule has 1 aromatic heterocycles. The van der Waals surface area contributed by atoms with Gasteiger partial charge in [0.2, 0.25) is 0 Å². The topological polar surface area (TPSA) is 42.2 Å². The number of aryl methyl sites for hydroxylation is 1. The number of carboxylic acid groups (broad SMARTS) is 1. The molecule has 0 spiro atoms. The van der Waals surface area contributed by atoms with E-state index in [2.05, 4.69) is 20.5 Å². The number of halogens is 2. The summed E-state index contributed by atoms with van der Waals surface area (Å²) in [7, 11) is 0. The van der Waals surface area contributed by atoms with Gasteiger partial charge in [0.25, 0.3) is 0 Å². The monoisotopic (exact) mass is 401 g/mol. The van der Waals surface area contributed by atoms with E-state index in [1.165, 1.54) is 23.4 Å². The molecule has 5 heteroatoms. The summed E-state index contributed by atoms with van der Waals surface area (Å²) in [6.45, 7) is 0.453. The van der Waals surface area contributed by atoms with Crippen LogP contribution in [-0.2, 0) is 19.4 Å². The molecule has 0 bridgehead atoms. The molecule has 1 N–H and O–H groups in total. The van der Waals surface area contributed by atoms with Gasteiger partial charge in [0.05, 0.1) is 11.1 Å². The van der Waals surface area contributed by atoms with E-state index in [1.807, 2.05) is 12.1 Å². The van der Waals surface area contributed by atoms with Crippen molar-refractivity contribution in [2.75, 3.05) is 0 Å².